The van der Waals surface area contributed by atoms with E-state index in [4.69, 9.17) is 0 Å². The van der Waals surface area contributed by atoms with Crippen molar-refractivity contribution in [3.63, 3.8) is 0 Å². The lowest BCUT2D eigenvalue weighted by atomic mass is 9.34. The Bertz CT molecular complexity index is 773. The fraction of sp³-hybridized carbons (Fsp3) is 1.00. The predicted octanol–water partition coefficient (Wildman–Crippen LogP) is 11.6. The van der Waals surface area contributed by atoms with Crippen LogP contribution in [-0.2, 0) is 0 Å². The molecule has 0 aromatic carbocycles. The zero-order valence-corrected chi connectivity index (χ0v) is 28.2. The molecule has 0 aliphatic heterocycles. The average molecular weight is 506 g/mol. The summed E-state index contributed by atoms with van der Waals surface area (Å²) in [6.07, 6.45) is 5.64. The summed E-state index contributed by atoms with van der Waals surface area (Å²) in [5.74, 6) is 0.611. The van der Waals surface area contributed by atoms with E-state index in [2.05, 4.69) is 130 Å². The lowest BCUT2D eigenvalue weighted by molar-refractivity contribution is -0.222. The highest BCUT2D eigenvalue weighted by Crippen LogP contribution is 2.73. The number of nitrogens with zero attached hydrogens (tertiary/aromatic N) is 1. The second kappa shape index (κ2) is 9.66. The van der Waals surface area contributed by atoms with Gasteiger partial charge in [0.2, 0.25) is 0 Å². The van der Waals surface area contributed by atoms with Crippen molar-refractivity contribution in [2.24, 2.45) is 59.8 Å². The Morgan fingerprint density at radius 3 is 1.22 bits per heavy atom. The molecule has 0 bridgehead atoms. The first kappa shape index (κ1) is 33.6. The van der Waals surface area contributed by atoms with Crippen LogP contribution in [0.4, 0.5) is 0 Å². The van der Waals surface area contributed by atoms with Crippen LogP contribution in [0.3, 0.4) is 0 Å². The summed E-state index contributed by atoms with van der Waals surface area (Å²) in [5.41, 5.74) is 0.910. The van der Waals surface area contributed by atoms with Crippen LogP contribution in [0.2, 0.25) is 0 Å². The lowest BCUT2D eigenvalue weighted by Gasteiger charge is -2.70. The second-order valence-corrected chi connectivity index (χ2v) is 17.7. The van der Waals surface area contributed by atoms with E-state index >= 15 is 0 Å². The molecule has 0 N–H and O–H groups in total. The Morgan fingerprint density at radius 1 is 0.528 bits per heavy atom. The molecule has 0 saturated heterocycles. The van der Waals surface area contributed by atoms with E-state index in [1.165, 1.54) is 19.3 Å². The predicted molar refractivity (Wildman–Crippen MR) is 161 cm³/mol. The molecule has 1 unspecified atom stereocenters. The van der Waals surface area contributed by atoms with Crippen LogP contribution >= 0.6 is 0 Å². The summed E-state index contributed by atoms with van der Waals surface area (Å²) >= 11 is 0. The van der Waals surface area contributed by atoms with Gasteiger partial charge in [0.05, 0.1) is 6.54 Å². The molecule has 1 rings (SSSR count). The zero-order valence-electron chi connectivity index (χ0n) is 28.2. The maximum atomic E-state index is 10.9. The van der Waals surface area contributed by atoms with Crippen LogP contribution in [0.5, 0.6) is 0 Å². The zero-order chi connectivity index (χ0) is 29.0. The van der Waals surface area contributed by atoms with Gasteiger partial charge in [-0.3, -0.25) is 0 Å². The van der Waals surface area contributed by atoms with Crippen LogP contribution in [0.1, 0.15) is 157 Å². The van der Waals surface area contributed by atoms with E-state index in [-0.39, 0.29) is 48.7 Å². The molecule has 36 heavy (non-hydrogen) atoms. The van der Waals surface area contributed by atoms with E-state index in [1.807, 2.05) is 0 Å². The van der Waals surface area contributed by atoms with Gasteiger partial charge in [0.25, 0.3) is 0 Å². The van der Waals surface area contributed by atoms with Gasteiger partial charge in [-0.2, -0.15) is 4.91 Å². The average Bonchev–Trinajstić information content (AvgIpc) is 2.70. The Hall–Kier alpha value is -0.400. The molecule has 214 valence electrons. The van der Waals surface area contributed by atoms with Crippen molar-refractivity contribution in [3.05, 3.63) is 4.91 Å². The van der Waals surface area contributed by atoms with Gasteiger partial charge in [0, 0.05) is 0 Å². The van der Waals surface area contributed by atoms with Crippen LogP contribution in [0.15, 0.2) is 5.18 Å². The van der Waals surface area contributed by atoms with Gasteiger partial charge >= 0.3 is 0 Å². The molecule has 0 aromatic heterocycles. The highest BCUT2D eigenvalue weighted by molar-refractivity contribution is 5.15. The van der Waals surface area contributed by atoms with E-state index in [1.54, 1.807) is 0 Å². The quantitative estimate of drug-likeness (QED) is 0.276. The van der Waals surface area contributed by atoms with Gasteiger partial charge in [-0.05, 0) is 86.8 Å². The van der Waals surface area contributed by atoms with Crippen molar-refractivity contribution < 1.29 is 0 Å². The monoisotopic (exact) mass is 506 g/mol. The first-order chi connectivity index (χ1) is 15.6. The summed E-state index contributed by atoms with van der Waals surface area (Å²) in [4.78, 5) is 10.9. The van der Waals surface area contributed by atoms with Gasteiger partial charge in [-0.25, -0.2) is 0 Å². The molecule has 2 nitrogen and oxygen atoms in total. The fourth-order valence-electron chi connectivity index (χ4n) is 8.25. The van der Waals surface area contributed by atoms with Crippen molar-refractivity contribution >= 4 is 0 Å². The molecule has 1 fully saturated rings. The Balaban J connectivity index is 3.99. The standard InChI is InChI=1S/C34H67NO/c1-26(2)22-21-25(20-19-23-35-36)24-27(3,4)29(7,8)31(11,12)33(15,16)34(17,18)32(13,14)30(9,10)28(26,5)6/h25H,19-24H2,1-18H3. The molecule has 1 aliphatic carbocycles. The highest BCUT2D eigenvalue weighted by Gasteiger charge is 2.66. The molecule has 2 heteroatoms. The minimum absolute atomic E-state index is 0.0623. The summed E-state index contributed by atoms with van der Waals surface area (Å²) in [6.45, 7) is 46.3. The first-order valence-corrected chi connectivity index (χ1v) is 14.9. The molecule has 0 radical (unpaired) electrons. The van der Waals surface area contributed by atoms with E-state index in [9.17, 15) is 4.91 Å². The number of rotatable bonds is 4. The van der Waals surface area contributed by atoms with Gasteiger partial charge in [-0.15, -0.1) is 0 Å². The fourth-order valence-corrected chi connectivity index (χ4v) is 8.25. The molecule has 1 atom stereocenters. The first-order valence-electron chi connectivity index (χ1n) is 14.9. The minimum atomic E-state index is 0.0623. The van der Waals surface area contributed by atoms with Crippen molar-refractivity contribution in [1.29, 1.82) is 0 Å². The summed E-state index contributed by atoms with van der Waals surface area (Å²) < 4.78 is 0. The maximum Gasteiger partial charge on any atom is 0.0811 e. The highest BCUT2D eigenvalue weighted by atomic mass is 16.3. The van der Waals surface area contributed by atoms with Gasteiger partial charge in [-0.1, -0.05) is 130 Å². The molecule has 1 saturated carbocycles. The van der Waals surface area contributed by atoms with Crippen molar-refractivity contribution in [2.45, 2.75) is 157 Å². The number of hydrogen-bond acceptors (Lipinski definition) is 2. The Kier molecular flexibility index (Phi) is 9.02. The summed E-state index contributed by atoms with van der Waals surface area (Å²) in [5, 5.41) is 3.20. The molecule has 1 aliphatic rings. The largest absolute Gasteiger partial charge is 0.151 e. The lowest BCUT2D eigenvalue weighted by Crippen LogP contribution is -2.64. The third kappa shape index (κ3) is 4.65. The minimum Gasteiger partial charge on any atom is -0.151 e. The third-order valence-corrected chi connectivity index (χ3v) is 15.6. The van der Waals surface area contributed by atoms with Crippen LogP contribution in [0, 0.1) is 59.6 Å². The van der Waals surface area contributed by atoms with Crippen LogP contribution < -0.4 is 0 Å². The van der Waals surface area contributed by atoms with Crippen LogP contribution in [-0.4, -0.2) is 6.54 Å². The SMILES string of the molecule is CC1(C)CCC(CCCN=O)CC(C)(C)C(C)(C)C(C)(C)C(C)(C)C(C)(C)C(C)(C)C(C)(C)C1(C)C. The third-order valence-electron chi connectivity index (χ3n) is 15.6. The maximum absolute atomic E-state index is 10.9. The summed E-state index contributed by atoms with van der Waals surface area (Å²) in [6, 6.07) is 0. The number of nitroso groups, excluding NO2 is 1. The van der Waals surface area contributed by atoms with E-state index in [0.29, 0.717) is 12.5 Å². The Morgan fingerprint density at radius 2 is 0.861 bits per heavy atom. The smallest absolute Gasteiger partial charge is 0.0811 e. The van der Waals surface area contributed by atoms with Crippen molar-refractivity contribution in [3.8, 4) is 0 Å². The molecular formula is C34H67NO. The van der Waals surface area contributed by atoms with Crippen molar-refractivity contribution in [1.82, 2.24) is 0 Å². The molecular weight excluding hydrogens is 438 g/mol. The normalized spacial score (nSPS) is 31.8. The van der Waals surface area contributed by atoms with E-state index in [0.717, 1.165) is 12.8 Å². The van der Waals surface area contributed by atoms with E-state index < -0.39 is 0 Å². The molecule has 0 aromatic rings. The van der Waals surface area contributed by atoms with Gasteiger partial charge in [0.15, 0.2) is 0 Å². The second-order valence-electron chi connectivity index (χ2n) is 17.7. The van der Waals surface area contributed by atoms with Crippen molar-refractivity contribution in [2.75, 3.05) is 6.54 Å². The molecule has 0 spiro atoms. The van der Waals surface area contributed by atoms with Gasteiger partial charge in [0.1, 0.15) is 0 Å². The molecule has 0 heterocycles. The van der Waals surface area contributed by atoms with Crippen LogP contribution in [0.25, 0.3) is 0 Å². The number of hydrogen-bond donors (Lipinski definition) is 0. The topological polar surface area (TPSA) is 29.4 Å². The Labute approximate surface area is 227 Å². The summed E-state index contributed by atoms with van der Waals surface area (Å²) in [7, 11) is 0. The molecule has 0 amide bonds. The van der Waals surface area contributed by atoms with Gasteiger partial charge < -0.3 is 0 Å².